The number of carbonyl (C=O) groups is 1. The van der Waals surface area contributed by atoms with Gasteiger partial charge in [0, 0.05) is 21.8 Å². The van der Waals surface area contributed by atoms with Gasteiger partial charge >= 0.3 is 0 Å². The van der Waals surface area contributed by atoms with Gasteiger partial charge in [0.1, 0.15) is 6.04 Å². The van der Waals surface area contributed by atoms with E-state index in [1.165, 1.54) is 7.11 Å². The first kappa shape index (κ1) is 20.2. The molecule has 27 heavy (non-hydrogen) atoms. The van der Waals surface area contributed by atoms with E-state index in [9.17, 15) is 20.0 Å². The molecule has 0 unspecified atom stereocenters. The molecule has 9 nitrogen and oxygen atoms in total. The second-order valence-corrected chi connectivity index (χ2v) is 6.37. The summed E-state index contributed by atoms with van der Waals surface area (Å²) in [5.74, 6) is -0.810. The fraction of sp³-hybridized carbons (Fsp3) is 0.176. The van der Waals surface area contributed by atoms with E-state index in [-0.39, 0.29) is 22.7 Å². The van der Waals surface area contributed by atoms with Gasteiger partial charge in [0.05, 0.1) is 24.3 Å². The number of carbonyl (C=O) groups excluding carboxylic acids is 1. The van der Waals surface area contributed by atoms with E-state index in [1.807, 2.05) is 24.3 Å². The van der Waals surface area contributed by atoms with Crippen molar-refractivity contribution < 1.29 is 19.6 Å². The molecule has 2 aromatic carbocycles. The Hall–Kier alpha value is -3.14. The lowest BCUT2D eigenvalue weighted by molar-refractivity contribution is -0.385. The topological polar surface area (TPSA) is 126 Å². The van der Waals surface area contributed by atoms with Gasteiger partial charge in [-0.1, -0.05) is 15.9 Å². The molecular formula is C17H17BrN4O5. The molecule has 3 N–H and O–H groups in total. The minimum atomic E-state index is -0.623. The second kappa shape index (κ2) is 8.99. The molecule has 142 valence electrons. The number of methoxy groups -OCH3 is 1. The van der Waals surface area contributed by atoms with E-state index >= 15 is 0 Å². The van der Waals surface area contributed by atoms with Crippen molar-refractivity contribution in [3.05, 3.63) is 56.5 Å². The number of non-ortho nitro benzene ring substituents is 1. The Morgan fingerprint density at radius 2 is 2.04 bits per heavy atom. The zero-order valence-corrected chi connectivity index (χ0v) is 16.1. The number of nitrogens with zero attached hydrogens (tertiary/aromatic N) is 2. The minimum Gasteiger partial charge on any atom is -0.504 e. The summed E-state index contributed by atoms with van der Waals surface area (Å²) < 4.78 is 5.82. The number of anilines is 1. The Bertz CT molecular complexity index is 870. The van der Waals surface area contributed by atoms with Crippen molar-refractivity contribution in [1.29, 1.82) is 0 Å². The van der Waals surface area contributed by atoms with Gasteiger partial charge in [-0.05, 0) is 31.2 Å². The van der Waals surface area contributed by atoms with E-state index in [0.717, 1.165) is 28.5 Å². The lowest BCUT2D eigenvalue weighted by atomic mass is 10.2. The van der Waals surface area contributed by atoms with Crippen LogP contribution in [0.3, 0.4) is 0 Å². The summed E-state index contributed by atoms with van der Waals surface area (Å²) in [6.07, 6.45) is 1.11. The molecular weight excluding hydrogens is 420 g/mol. The number of ether oxygens (including phenoxy) is 1. The molecule has 0 aliphatic carbocycles. The van der Waals surface area contributed by atoms with E-state index in [1.54, 1.807) is 6.92 Å². The predicted octanol–water partition coefficient (Wildman–Crippen LogP) is 3.02. The molecule has 0 heterocycles. The van der Waals surface area contributed by atoms with Crippen LogP contribution >= 0.6 is 15.9 Å². The summed E-state index contributed by atoms with van der Waals surface area (Å²) in [5.41, 5.74) is 2.83. The number of halogens is 1. The third kappa shape index (κ3) is 5.42. The van der Waals surface area contributed by atoms with E-state index < -0.39 is 16.9 Å². The Morgan fingerprint density at radius 3 is 2.63 bits per heavy atom. The van der Waals surface area contributed by atoms with Gasteiger partial charge in [-0.25, -0.2) is 5.43 Å². The van der Waals surface area contributed by atoms with Gasteiger partial charge in [0.25, 0.3) is 11.6 Å². The molecule has 0 radical (unpaired) electrons. The van der Waals surface area contributed by atoms with E-state index in [2.05, 4.69) is 31.8 Å². The van der Waals surface area contributed by atoms with Crippen LogP contribution in [0.2, 0.25) is 0 Å². The number of nitro groups is 1. The quantitative estimate of drug-likeness (QED) is 0.347. The number of rotatable bonds is 7. The smallest absolute Gasteiger partial charge is 0.274 e. The summed E-state index contributed by atoms with van der Waals surface area (Å²) in [6, 6.07) is 8.92. The van der Waals surface area contributed by atoms with Crippen molar-refractivity contribution in [2.75, 3.05) is 12.4 Å². The molecule has 0 aromatic heterocycles. The first-order valence-electron chi connectivity index (χ1n) is 7.72. The van der Waals surface area contributed by atoms with Crippen molar-refractivity contribution in [3.63, 3.8) is 0 Å². The first-order chi connectivity index (χ1) is 12.8. The van der Waals surface area contributed by atoms with Crippen molar-refractivity contribution >= 4 is 39.4 Å². The molecule has 0 bridgehead atoms. The SMILES string of the molecule is COc1cc([N+](=O)[O-])cc(/C=N\NC(=O)[C@@H](C)Nc2ccc(Br)cc2)c1O. The molecule has 2 rings (SSSR count). The van der Waals surface area contributed by atoms with Crippen LogP contribution in [0.15, 0.2) is 46.0 Å². The summed E-state index contributed by atoms with van der Waals surface area (Å²) in [5, 5.41) is 27.7. The Balaban J connectivity index is 2.05. The normalized spacial score (nSPS) is 11.8. The molecule has 0 fully saturated rings. The summed E-state index contributed by atoms with van der Waals surface area (Å²) in [6.45, 7) is 1.65. The molecule has 2 aromatic rings. The summed E-state index contributed by atoms with van der Waals surface area (Å²) >= 11 is 3.33. The first-order valence-corrected chi connectivity index (χ1v) is 8.51. The van der Waals surface area contributed by atoms with Crippen molar-refractivity contribution in [3.8, 4) is 11.5 Å². The number of hydrazone groups is 1. The van der Waals surface area contributed by atoms with Gasteiger partial charge in [0.15, 0.2) is 11.5 Å². The average Bonchev–Trinajstić information content (AvgIpc) is 2.64. The van der Waals surface area contributed by atoms with Crippen LogP contribution < -0.4 is 15.5 Å². The van der Waals surface area contributed by atoms with Crippen LogP contribution in [-0.2, 0) is 4.79 Å². The van der Waals surface area contributed by atoms with Crippen LogP contribution in [0.4, 0.5) is 11.4 Å². The number of amides is 1. The van der Waals surface area contributed by atoms with E-state index in [0.29, 0.717) is 0 Å². The van der Waals surface area contributed by atoms with Gasteiger partial charge < -0.3 is 15.2 Å². The highest BCUT2D eigenvalue weighted by atomic mass is 79.9. The Morgan fingerprint density at radius 1 is 1.37 bits per heavy atom. The Labute approximate surface area is 163 Å². The zero-order chi connectivity index (χ0) is 20.0. The molecule has 1 amide bonds. The molecule has 0 aliphatic heterocycles. The third-order valence-electron chi connectivity index (χ3n) is 3.52. The maximum Gasteiger partial charge on any atom is 0.274 e. The number of nitro benzene ring substituents is 1. The second-order valence-electron chi connectivity index (χ2n) is 5.45. The maximum atomic E-state index is 12.1. The number of hydrogen-bond acceptors (Lipinski definition) is 7. The zero-order valence-electron chi connectivity index (χ0n) is 14.5. The van der Waals surface area contributed by atoms with Crippen molar-refractivity contribution in [1.82, 2.24) is 5.43 Å². The van der Waals surface area contributed by atoms with Crippen LogP contribution in [0.25, 0.3) is 0 Å². The minimum absolute atomic E-state index is 0.0369. The van der Waals surface area contributed by atoms with Crippen LogP contribution in [0.5, 0.6) is 11.5 Å². The molecule has 1 atom stereocenters. The van der Waals surface area contributed by atoms with Crippen LogP contribution in [0, 0.1) is 10.1 Å². The number of hydrogen-bond donors (Lipinski definition) is 3. The van der Waals surface area contributed by atoms with Crippen molar-refractivity contribution in [2.24, 2.45) is 5.10 Å². The highest BCUT2D eigenvalue weighted by molar-refractivity contribution is 9.10. The van der Waals surface area contributed by atoms with Gasteiger partial charge in [-0.3, -0.25) is 14.9 Å². The summed E-state index contributed by atoms with van der Waals surface area (Å²) in [7, 11) is 1.27. The van der Waals surface area contributed by atoms with Crippen molar-refractivity contribution in [2.45, 2.75) is 13.0 Å². The molecule has 0 saturated heterocycles. The molecule has 0 aliphatic rings. The number of phenolic OH excluding ortho intramolecular Hbond substituents is 1. The number of benzene rings is 2. The largest absolute Gasteiger partial charge is 0.504 e. The number of aromatic hydroxyl groups is 1. The highest BCUT2D eigenvalue weighted by Crippen LogP contribution is 2.33. The third-order valence-corrected chi connectivity index (χ3v) is 4.05. The van der Waals surface area contributed by atoms with Crippen LogP contribution in [0.1, 0.15) is 12.5 Å². The monoisotopic (exact) mass is 436 g/mol. The molecule has 10 heteroatoms. The number of phenols is 1. The standard InChI is InChI=1S/C17H17BrN4O5/c1-10(20-13-5-3-12(18)4-6-13)17(24)21-19-9-11-7-14(22(25)26)8-15(27-2)16(11)23/h3-10,20,23H,1-2H3,(H,21,24)/b19-9-/t10-/m1/s1. The summed E-state index contributed by atoms with van der Waals surface area (Å²) in [4.78, 5) is 22.4. The molecule has 0 spiro atoms. The lowest BCUT2D eigenvalue weighted by Crippen LogP contribution is -2.34. The maximum absolute atomic E-state index is 12.1. The van der Waals surface area contributed by atoms with E-state index in [4.69, 9.17) is 4.74 Å². The fourth-order valence-electron chi connectivity index (χ4n) is 2.10. The van der Waals surface area contributed by atoms with Gasteiger partial charge in [-0.2, -0.15) is 5.10 Å². The highest BCUT2D eigenvalue weighted by Gasteiger charge is 2.16. The van der Waals surface area contributed by atoms with Crippen LogP contribution in [-0.4, -0.2) is 35.3 Å². The fourth-order valence-corrected chi connectivity index (χ4v) is 2.36. The molecule has 0 saturated carbocycles. The predicted molar refractivity (Wildman–Crippen MR) is 104 cm³/mol. The average molecular weight is 437 g/mol. The van der Waals surface area contributed by atoms with Gasteiger partial charge in [0.2, 0.25) is 0 Å². The Kier molecular flexibility index (Phi) is 6.72. The van der Waals surface area contributed by atoms with Gasteiger partial charge in [-0.15, -0.1) is 0 Å². The number of nitrogens with one attached hydrogen (secondary N) is 2. The lowest BCUT2D eigenvalue weighted by Gasteiger charge is -2.13.